The van der Waals surface area contributed by atoms with Crippen molar-refractivity contribution in [3.8, 4) is 16.9 Å². The van der Waals surface area contributed by atoms with Crippen molar-refractivity contribution >= 4 is 0 Å². The first-order valence-electron chi connectivity index (χ1n) is 7.25. The molecule has 21 heavy (non-hydrogen) atoms. The Hall–Kier alpha value is -1.84. The van der Waals surface area contributed by atoms with E-state index < -0.39 is 0 Å². The molecule has 0 atom stereocenters. The molecular weight excluding hydrogens is 262 g/mol. The van der Waals surface area contributed by atoms with Gasteiger partial charge >= 0.3 is 0 Å². The molecule has 0 saturated carbocycles. The first-order chi connectivity index (χ1) is 10.3. The molecule has 0 radical (unpaired) electrons. The van der Waals surface area contributed by atoms with Crippen LogP contribution >= 0.6 is 0 Å². The molecule has 0 aliphatic rings. The van der Waals surface area contributed by atoms with E-state index in [4.69, 9.17) is 9.47 Å². The molecule has 2 rings (SSSR count). The maximum atomic E-state index is 5.77. The minimum Gasteiger partial charge on any atom is -0.492 e. The smallest absolute Gasteiger partial charge is 0.119 e. The van der Waals surface area contributed by atoms with Crippen LogP contribution in [0.15, 0.2) is 54.6 Å². The quantitative estimate of drug-likeness (QED) is 0.743. The molecule has 2 aromatic carbocycles. The molecule has 112 valence electrons. The number of likely N-dealkylation sites (N-methyl/N-ethyl adjacent to an activating group) is 1. The summed E-state index contributed by atoms with van der Waals surface area (Å²) in [5.41, 5.74) is 2.43. The number of methoxy groups -OCH3 is 1. The van der Waals surface area contributed by atoms with Gasteiger partial charge in [0.2, 0.25) is 0 Å². The van der Waals surface area contributed by atoms with Crippen molar-refractivity contribution in [2.24, 2.45) is 0 Å². The highest BCUT2D eigenvalue weighted by Gasteiger charge is 2.00. The van der Waals surface area contributed by atoms with E-state index in [0.29, 0.717) is 6.61 Å². The van der Waals surface area contributed by atoms with Crippen molar-refractivity contribution in [1.29, 1.82) is 0 Å². The monoisotopic (exact) mass is 285 g/mol. The molecule has 0 saturated heterocycles. The Balaban J connectivity index is 1.80. The highest BCUT2D eigenvalue weighted by atomic mass is 16.5. The van der Waals surface area contributed by atoms with Gasteiger partial charge in [-0.3, -0.25) is 0 Å². The maximum Gasteiger partial charge on any atom is 0.119 e. The van der Waals surface area contributed by atoms with Crippen LogP contribution in [-0.2, 0) is 4.74 Å². The molecule has 2 aromatic rings. The van der Waals surface area contributed by atoms with E-state index in [-0.39, 0.29) is 0 Å². The second-order valence-corrected chi connectivity index (χ2v) is 5.03. The zero-order valence-corrected chi connectivity index (χ0v) is 12.8. The Kier molecular flexibility index (Phi) is 6.25. The Labute approximate surface area is 127 Å². The van der Waals surface area contributed by atoms with Gasteiger partial charge in [0.05, 0.1) is 6.61 Å². The average molecular weight is 285 g/mol. The zero-order valence-electron chi connectivity index (χ0n) is 12.8. The molecule has 0 heterocycles. The summed E-state index contributed by atoms with van der Waals surface area (Å²) in [5.74, 6) is 0.912. The van der Waals surface area contributed by atoms with Crippen LogP contribution in [0.2, 0.25) is 0 Å². The Bertz CT molecular complexity index is 511. The number of hydrogen-bond acceptors (Lipinski definition) is 3. The van der Waals surface area contributed by atoms with Gasteiger partial charge in [0.1, 0.15) is 12.4 Å². The summed E-state index contributed by atoms with van der Waals surface area (Å²) in [4.78, 5) is 2.20. The topological polar surface area (TPSA) is 21.7 Å². The number of ether oxygens (including phenoxy) is 2. The summed E-state index contributed by atoms with van der Waals surface area (Å²) in [5, 5.41) is 0. The normalized spacial score (nSPS) is 10.8. The Morgan fingerprint density at radius 3 is 2.10 bits per heavy atom. The second kappa shape index (κ2) is 8.45. The van der Waals surface area contributed by atoms with Gasteiger partial charge < -0.3 is 14.4 Å². The lowest BCUT2D eigenvalue weighted by Crippen LogP contribution is -2.27. The number of rotatable bonds is 8. The minimum atomic E-state index is 0.685. The van der Waals surface area contributed by atoms with Crippen LogP contribution in [0.4, 0.5) is 0 Å². The summed E-state index contributed by atoms with van der Waals surface area (Å²) in [6, 6.07) is 18.6. The average Bonchev–Trinajstić information content (AvgIpc) is 2.54. The van der Waals surface area contributed by atoms with Crippen molar-refractivity contribution in [1.82, 2.24) is 4.90 Å². The van der Waals surface area contributed by atoms with E-state index >= 15 is 0 Å². The number of benzene rings is 2. The summed E-state index contributed by atoms with van der Waals surface area (Å²) in [6.07, 6.45) is 0. The minimum absolute atomic E-state index is 0.685. The van der Waals surface area contributed by atoms with Crippen LogP contribution < -0.4 is 4.74 Å². The van der Waals surface area contributed by atoms with Gasteiger partial charge in [-0.05, 0) is 30.3 Å². The van der Waals surface area contributed by atoms with E-state index in [1.54, 1.807) is 7.11 Å². The van der Waals surface area contributed by atoms with Crippen LogP contribution in [0.1, 0.15) is 0 Å². The van der Waals surface area contributed by atoms with Gasteiger partial charge in [-0.2, -0.15) is 0 Å². The van der Waals surface area contributed by atoms with Gasteiger partial charge in [-0.25, -0.2) is 0 Å². The Morgan fingerprint density at radius 2 is 1.43 bits per heavy atom. The fourth-order valence-corrected chi connectivity index (χ4v) is 2.05. The predicted molar refractivity (Wildman–Crippen MR) is 86.7 cm³/mol. The Morgan fingerprint density at radius 1 is 0.810 bits per heavy atom. The molecular formula is C18H23NO2. The molecule has 0 amide bonds. The number of hydrogen-bond donors (Lipinski definition) is 0. The lowest BCUT2D eigenvalue weighted by atomic mass is 10.1. The molecule has 0 N–H and O–H groups in total. The van der Waals surface area contributed by atoms with Crippen molar-refractivity contribution in [2.45, 2.75) is 0 Å². The summed E-state index contributed by atoms with van der Waals surface area (Å²) in [7, 11) is 3.79. The molecule has 0 aromatic heterocycles. The van der Waals surface area contributed by atoms with Crippen LogP contribution in [0, 0.1) is 0 Å². The van der Waals surface area contributed by atoms with Crippen molar-refractivity contribution in [2.75, 3.05) is 40.5 Å². The second-order valence-electron chi connectivity index (χ2n) is 5.03. The standard InChI is InChI=1S/C18H23NO2/c1-19(12-14-20-2)13-15-21-18-10-8-17(9-11-18)16-6-4-3-5-7-16/h3-11H,12-15H2,1-2H3. The molecule has 3 nitrogen and oxygen atoms in total. The molecule has 0 aliphatic carbocycles. The highest BCUT2D eigenvalue weighted by molar-refractivity contribution is 5.63. The SMILES string of the molecule is COCCN(C)CCOc1ccc(-c2ccccc2)cc1. The zero-order chi connectivity index (χ0) is 14.9. The van der Waals surface area contributed by atoms with Crippen molar-refractivity contribution in [3.63, 3.8) is 0 Å². The van der Waals surface area contributed by atoms with E-state index in [2.05, 4.69) is 48.3 Å². The van der Waals surface area contributed by atoms with Crippen LogP contribution in [0.25, 0.3) is 11.1 Å². The third-order valence-electron chi connectivity index (χ3n) is 3.38. The van der Waals surface area contributed by atoms with Crippen molar-refractivity contribution in [3.05, 3.63) is 54.6 Å². The van der Waals surface area contributed by atoms with Crippen LogP contribution in [-0.4, -0.2) is 45.4 Å². The highest BCUT2D eigenvalue weighted by Crippen LogP contribution is 2.21. The lowest BCUT2D eigenvalue weighted by Gasteiger charge is -2.16. The maximum absolute atomic E-state index is 5.77. The van der Waals surface area contributed by atoms with Crippen LogP contribution in [0.5, 0.6) is 5.75 Å². The van der Waals surface area contributed by atoms with Crippen LogP contribution in [0.3, 0.4) is 0 Å². The third-order valence-corrected chi connectivity index (χ3v) is 3.38. The lowest BCUT2D eigenvalue weighted by molar-refractivity contribution is 0.150. The van der Waals surface area contributed by atoms with Crippen molar-refractivity contribution < 1.29 is 9.47 Å². The molecule has 0 fully saturated rings. The van der Waals surface area contributed by atoms with Gasteiger partial charge in [-0.15, -0.1) is 0 Å². The number of nitrogens with zero attached hydrogens (tertiary/aromatic N) is 1. The first kappa shape index (κ1) is 15.5. The van der Waals surface area contributed by atoms with Gasteiger partial charge in [0.25, 0.3) is 0 Å². The van der Waals surface area contributed by atoms with E-state index in [0.717, 1.165) is 25.4 Å². The predicted octanol–water partition coefficient (Wildman–Crippen LogP) is 3.31. The summed E-state index contributed by atoms with van der Waals surface area (Å²) >= 11 is 0. The fraction of sp³-hybridized carbons (Fsp3) is 0.333. The first-order valence-corrected chi connectivity index (χ1v) is 7.25. The van der Waals surface area contributed by atoms with Gasteiger partial charge in [0.15, 0.2) is 0 Å². The molecule has 3 heteroatoms. The molecule has 0 spiro atoms. The van der Waals surface area contributed by atoms with E-state index in [1.807, 2.05) is 18.2 Å². The molecule has 0 aliphatic heterocycles. The van der Waals surface area contributed by atoms with Gasteiger partial charge in [-0.1, -0.05) is 42.5 Å². The summed E-state index contributed by atoms with van der Waals surface area (Å²) in [6.45, 7) is 3.25. The largest absolute Gasteiger partial charge is 0.492 e. The molecule has 0 unspecified atom stereocenters. The van der Waals surface area contributed by atoms with Gasteiger partial charge in [0, 0.05) is 20.2 Å². The fourth-order valence-electron chi connectivity index (χ4n) is 2.05. The van der Waals surface area contributed by atoms with E-state index in [1.165, 1.54) is 11.1 Å². The third kappa shape index (κ3) is 5.21. The summed E-state index contributed by atoms with van der Waals surface area (Å²) < 4.78 is 10.8. The van der Waals surface area contributed by atoms with E-state index in [9.17, 15) is 0 Å². The molecule has 0 bridgehead atoms.